The minimum Gasteiger partial charge on any atom is -0.0991 e. The Bertz CT molecular complexity index is 548. The van der Waals surface area contributed by atoms with Gasteiger partial charge in [-0.15, -0.1) is 0 Å². The molecule has 0 aliphatic heterocycles. The van der Waals surface area contributed by atoms with Crippen LogP contribution in [-0.2, 0) is 6.42 Å². The lowest BCUT2D eigenvalue weighted by Crippen LogP contribution is -2.25. The highest BCUT2D eigenvalue weighted by Gasteiger charge is 2.31. The highest BCUT2D eigenvalue weighted by molar-refractivity contribution is 5.25. The predicted octanol–water partition coefficient (Wildman–Crippen LogP) is 7.85. The van der Waals surface area contributed by atoms with Gasteiger partial charge >= 0.3 is 0 Å². The summed E-state index contributed by atoms with van der Waals surface area (Å²) in [4.78, 5) is 0. The van der Waals surface area contributed by atoms with Gasteiger partial charge in [0.25, 0.3) is 0 Å². The summed E-state index contributed by atoms with van der Waals surface area (Å²) in [5.74, 6) is 3.85. The smallest absolute Gasteiger partial charge is 0.0162 e. The quantitative estimate of drug-likeness (QED) is 0.439. The Morgan fingerprint density at radius 3 is 2.08 bits per heavy atom. The van der Waals surface area contributed by atoms with E-state index in [2.05, 4.69) is 49.9 Å². The van der Waals surface area contributed by atoms with Gasteiger partial charge in [0.05, 0.1) is 0 Å². The minimum atomic E-state index is 0.824. The van der Waals surface area contributed by atoms with Gasteiger partial charge in [0.1, 0.15) is 0 Å². The Labute approximate surface area is 161 Å². The second kappa shape index (κ2) is 10.1. The van der Waals surface area contributed by atoms with Crippen LogP contribution in [-0.4, -0.2) is 0 Å². The van der Waals surface area contributed by atoms with Crippen molar-refractivity contribution < 1.29 is 0 Å². The lowest BCUT2D eigenvalue weighted by molar-refractivity contribution is 0.157. The van der Waals surface area contributed by atoms with E-state index in [1.165, 1.54) is 69.8 Å². The molecule has 26 heavy (non-hydrogen) atoms. The maximum atomic E-state index is 3.75. The molecule has 2 aliphatic carbocycles. The maximum absolute atomic E-state index is 3.75. The van der Waals surface area contributed by atoms with Crippen LogP contribution in [0, 0.1) is 17.8 Å². The normalized spacial score (nSPS) is 29.7. The number of aryl methyl sites for hydroxylation is 1. The van der Waals surface area contributed by atoms with E-state index in [9.17, 15) is 0 Å². The second-order valence-electron chi connectivity index (χ2n) is 8.73. The molecule has 0 saturated heterocycles. The van der Waals surface area contributed by atoms with Crippen LogP contribution in [0.15, 0.2) is 49.1 Å². The second-order valence-corrected chi connectivity index (χ2v) is 8.73. The third-order valence-electron chi connectivity index (χ3n) is 7.20. The minimum absolute atomic E-state index is 0.824. The highest BCUT2D eigenvalue weighted by atomic mass is 14.4. The average molecular weight is 351 g/mol. The van der Waals surface area contributed by atoms with Crippen molar-refractivity contribution in [3.8, 4) is 0 Å². The molecule has 2 fully saturated rings. The summed E-state index contributed by atoms with van der Waals surface area (Å²) in [5, 5.41) is 0. The fourth-order valence-electron chi connectivity index (χ4n) is 5.42. The molecule has 0 amide bonds. The summed E-state index contributed by atoms with van der Waals surface area (Å²) in [6.07, 6.45) is 21.8. The van der Waals surface area contributed by atoms with E-state index >= 15 is 0 Å². The molecule has 1 aromatic rings. The zero-order valence-corrected chi connectivity index (χ0v) is 16.8. The lowest BCUT2D eigenvalue weighted by atomic mass is 9.68. The van der Waals surface area contributed by atoms with Crippen molar-refractivity contribution in [2.45, 2.75) is 83.5 Å². The first-order valence-electron chi connectivity index (χ1n) is 11.2. The van der Waals surface area contributed by atoms with Gasteiger partial charge in [-0.05, 0) is 92.6 Å². The molecule has 1 aromatic carbocycles. The number of hydrogen-bond donors (Lipinski definition) is 0. The van der Waals surface area contributed by atoms with Gasteiger partial charge in [-0.25, -0.2) is 0 Å². The molecule has 0 bridgehead atoms. The summed E-state index contributed by atoms with van der Waals surface area (Å²) in [6.45, 7) is 6.00. The van der Waals surface area contributed by atoms with E-state index in [1.54, 1.807) is 5.56 Å². The largest absolute Gasteiger partial charge is 0.0991 e. The molecule has 0 heterocycles. The van der Waals surface area contributed by atoms with E-state index in [-0.39, 0.29) is 0 Å². The van der Waals surface area contributed by atoms with Crippen molar-refractivity contribution in [3.05, 3.63) is 60.2 Å². The lowest BCUT2D eigenvalue weighted by Gasteiger charge is -2.38. The van der Waals surface area contributed by atoms with Gasteiger partial charge in [-0.2, -0.15) is 0 Å². The molecule has 0 heteroatoms. The number of rotatable bonds is 7. The van der Waals surface area contributed by atoms with Gasteiger partial charge in [-0.1, -0.05) is 68.8 Å². The molecule has 0 spiro atoms. The standard InChI is InChI=1S/C26H38/c1-3-5-6-7-8-22-11-15-24(16-12-22)26-19-17-25(18-20-26)23-13-9-21(4-2)10-14-23/h3,5-6,9-10,13-14,22,24-26H,1,4,7-8,11-12,15-20H2,2H3/b6-5+. The van der Waals surface area contributed by atoms with Crippen LogP contribution in [0.25, 0.3) is 0 Å². The van der Waals surface area contributed by atoms with E-state index in [0.717, 1.165) is 30.1 Å². The van der Waals surface area contributed by atoms with Crippen molar-refractivity contribution in [3.63, 3.8) is 0 Å². The van der Waals surface area contributed by atoms with Crippen LogP contribution in [0.4, 0.5) is 0 Å². The molecule has 3 rings (SSSR count). The fourth-order valence-corrected chi connectivity index (χ4v) is 5.42. The molecular weight excluding hydrogens is 312 g/mol. The van der Waals surface area contributed by atoms with E-state index in [4.69, 9.17) is 0 Å². The van der Waals surface area contributed by atoms with Crippen LogP contribution >= 0.6 is 0 Å². The third-order valence-corrected chi connectivity index (χ3v) is 7.20. The van der Waals surface area contributed by atoms with Gasteiger partial charge in [0, 0.05) is 0 Å². The topological polar surface area (TPSA) is 0 Å². The van der Waals surface area contributed by atoms with E-state index in [0.29, 0.717) is 0 Å². The number of hydrogen-bond acceptors (Lipinski definition) is 0. The van der Waals surface area contributed by atoms with Gasteiger partial charge < -0.3 is 0 Å². The summed E-state index contributed by atoms with van der Waals surface area (Å²) >= 11 is 0. The molecule has 2 aliphatic rings. The van der Waals surface area contributed by atoms with Gasteiger partial charge in [-0.3, -0.25) is 0 Å². The fraction of sp³-hybridized carbons (Fsp3) is 0.615. The molecule has 0 unspecified atom stereocenters. The van der Waals surface area contributed by atoms with Gasteiger partial charge in [0.2, 0.25) is 0 Å². The Kier molecular flexibility index (Phi) is 7.59. The SMILES string of the molecule is C=C/C=C/CCC1CCC(C2CCC(c3ccc(CC)cc3)CC2)CC1. The molecule has 2 saturated carbocycles. The first-order valence-corrected chi connectivity index (χ1v) is 11.2. The first-order chi connectivity index (χ1) is 12.8. The molecule has 0 nitrogen and oxygen atoms in total. The van der Waals surface area contributed by atoms with E-state index in [1.807, 2.05) is 6.08 Å². The van der Waals surface area contributed by atoms with E-state index < -0.39 is 0 Å². The molecule has 0 aromatic heterocycles. The average Bonchev–Trinajstić information content (AvgIpc) is 2.72. The molecule has 0 radical (unpaired) electrons. The van der Waals surface area contributed by atoms with Crippen molar-refractivity contribution in [1.29, 1.82) is 0 Å². The summed E-state index contributed by atoms with van der Waals surface area (Å²) < 4.78 is 0. The van der Waals surface area contributed by atoms with Crippen molar-refractivity contribution in [2.24, 2.45) is 17.8 Å². The highest BCUT2D eigenvalue weighted by Crippen LogP contribution is 2.44. The molecule has 0 atom stereocenters. The molecule has 0 N–H and O–H groups in total. The summed E-state index contributed by atoms with van der Waals surface area (Å²) in [6, 6.07) is 9.48. The van der Waals surface area contributed by atoms with Crippen molar-refractivity contribution in [2.75, 3.05) is 0 Å². The summed E-state index contributed by atoms with van der Waals surface area (Å²) in [7, 11) is 0. The maximum Gasteiger partial charge on any atom is -0.0162 e. The van der Waals surface area contributed by atoms with Crippen LogP contribution in [0.1, 0.15) is 88.2 Å². The number of benzene rings is 1. The molecular formula is C26H38. The third kappa shape index (κ3) is 5.35. The first kappa shape index (κ1) is 19.5. The molecule has 142 valence electrons. The van der Waals surface area contributed by atoms with Crippen LogP contribution in [0.3, 0.4) is 0 Å². The van der Waals surface area contributed by atoms with Crippen molar-refractivity contribution >= 4 is 0 Å². The van der Waals surface area contributed by atoms with Crippen LogP contribution in [0.5, 0.6) is 0 Å². The van der Waals surface area contributed by atoms with Crippen LogP contribution < -0.4 is 0 Å². The Morgan fingerprint density at radius 1 is 0.885 bits per heavy atom. The monoisotopic (exact) mass is 350 g/mol. The zero-order chi connectivity index (χ0) is 18.2. The zero-order valence-electron chi connectivity index (χ0n) is 16.8. The summed E-state index contributed by atoms with van der Waals surface area (Å²) in [5.41, 5.74) is 3.07. The number of allylic oxidation sites excluding steroid dienone is 3. The Hall–Kier alpha value is -1.30. The Morgan fingerprint density at radius 2 is 1.50 bits per heavy atom. The van der Waals surface area contributed by atoms with Crippen molar-refractivity contribution in [1.82, 2.24) is 0 Å². The Balaban J connectivity index is 1.40. The van der Waals surface area contributed by atoms with Gasteiger partial charge in [0.15, 0.2) is 0 Å². The van der Waals surface area contributed by atoms with Crippen LogP contribution in [0.2, 0.25) is 0 Å². The predicted molar refractivity (Wildman–Crippen MR) is 115 cm³/mol.